The van der Waals surface area contributed by atoms with Gasteiger partial charge in [-0.3, -0.25) is 0 Å². The Morgan fingerprint density at radius 3 is 3.07 bits per heavy atom. The van der Waals surface area contributed by atoms with E-state index in [4.69, 9.17) is 4.74 Å². The monoisotopic (exact) mass is 189 g/mol. The lowest BCUT2D eigenvalue weighted by atomic mass is 10.2. The summed E-state index contributed by atoms with van der Waals surface area (Å²) in [6, 6.07) is 7.78. The van der Waals surface area contributed by atoms with E-state index in [0.717, 1.165) is 28.6 Å². The first-order valence-corrected chi connectivity index (χ1v) is 4.43. The van der Waals surface area contributed by atoms with Crippen LogP contribution in [0.3, 0.4) is 0 Å². The molecule has 2 rings (SSSR count). The first-order valence-electron chi connectivity index (χ1n) is 4.43. The number of aromatic amines is 1. The minimum Gasteiger partial charge on any atom is -0.495 e. The van der Waals surface area contributed by atoms with Gasteiger partial charge in [-0.25, -0.2) is 0 Å². The van der Waals surface area contributed by atoms with Gasteiger partial charge in [0.2, 0.25) is 0 Å². The highest BCUT2D eigenvalue weighted by atomic mass is 16.5. The number of H-pyrrole nitrogens is 1. The SMILES string of the molecule is COc1cccc2cc(CC=O)[nH]c12. The molecule has 3 nitrogen and oxygen atoms in total. The number of hydrogen-bond donors (Lipinski definition) is 1. The number of aromatic nitrogens is 1. The van der Waals surface area contributed by atoms with Crippen LogP contribution in [0.4, 0.5) is 0 Å². The molecule has 0 spiro atoms. The van der Waals surface area contributed by atoms with E-state index in [2.05, 4.69) is 4.98 Å². The summed E-state index contributed by atoms with van der Waals surface area (Å²) in [6.45, 7) is 0. The van der Waals surface area contributed by atoms with Gasteiger partial charge in [-0.15, -0.1) is 0 Å². The van der Waals surface area contributed by atoms with Gasteiger partial charge in [0.25, 0.3) is 0 Å². The van der Waals surface area contributed by atoms with Gasteiger partial charge in [0.05, 0.1) is 12.6 Å². The number of carbonyl (C=O) groups excluding carboxylic acids is 1. The number of nitrogens with one attached hydrogen (secondary N) is 1. The Hall–Kier alpha value is -1.77. The highest BCUT2D eigenvalue weighted by Gasteiger charge is 2.04. The van der Waals surface area contributed by atoms with Gasteiger partial charge < -0.3 is 14.5 Å². The van der Waals surface area contributed by atoms with E-state index in [1.807, 2.05) is 24.3 Å². The molecule has 14 heavy (non-hydrogen) atoms. The normalized spacial score (nSPS) is 10.4. The maximum Gasteiger partial charge on any atom is 0.142 e. The summed E-state index contributed by atoms with van der Waals surface area (Å²) in [5, 5.41) is 1.07. The van der Waals surface area contributed by atoms with Crippen LogP contribution in [0.25, 0.3) is 10.9 Å². The number of benzene rings is 1. The molecule has 0 aliphatic rings. The minimum atomic E-state index is 0.415. The van der Waals surface area contributed by atoms with Crippen molar-refractivity contribution < 1.29 is 9.53 Å². The third-order valence-electron chi connectivity index (χ3n) is 2.20. The third-order valence-corrected chi connectivity index (χ3v) is 2.20. The van der Waals surface area contributed by atoms with Gasteiger partial charge in [-0.2, -0.15) is 0 Å². The highest BCUT2D eigenvalue weighted by Crippen LogP contribution is 2.25. The Bertz CT molecular complexity index is 459. The zero-order valence-corrected chi connectivity index (χ0v) is 7.91. The fourth-order valence-corrected chi connectivity index (χ4v) is 1.56. The molecule has 0 saturated heterocycles. The molecular weight excluding hydrogens is 178 g/mol. The lowest BCUT2D eigenvalue weighted by Crippen LogP contribution is -1.85. The number of carbonyl (C=O) groups is 1. The van der Waals surface area contributed by atoms with Crippen LogP contribution >= 0.6 is 0 Å². The number of rotatable bonds is 3. The average Bonchev–Trinajstić information content (AvgIpc) is 2.60. The van der Waals surface area contributed by atoms with Crippen molar-refractivity contribution in [3.8, 4) is 5.75 Å². The molecule has 0 bridgehead atoms. The van der Waals surface area contributed by atoms with Gasteiger partial charge in [-0.05, 0) is 12.1 Å². The van der Waals surface area contributed by atoms with Crippen LogP contribution in [0.15, 0.2) is 24.3 Å². The van der Waals surface area contributed by atoms with E-state index in [-0.39, 0.29) is 0 Å². The van der Waals surface area contributed by atoms with Crippen LogP contribution in [-0.2, 0) is 11.2 Å². The zero-order valence-electron chi connectivity index (χ0n) is 7.91. The van der Waals surface area contributed by atoms with Crippen LogP contribution < -0.4 is 4.74 Å². The van der Waals surface area contributed by atoms with Gasteiger partial charge in [0.1, 0.15) is 12.0 Å². The highest BCUT2D eigenvalue weighted by molar-refractivity contribution is 5.86. The first-order chi connectivity index (χ1) is 6.85. The number of fused-ring (bicyclic) bond motifs is 1. The molecular formula is C11H11NO2. The molecule has 0 fully saturated rings. The molecule has 1 N–H and O–H groups in total. The Balaban J connectivity index is 2.57. The van der Waals surface area contributed by atoms with Crippen LogP contribution in [-0.4, -0.2) is 18.4 Å². The molecule has 0 atom stereocenters. The molecule has 3 heteroatoms. The van der Waals surface area contributed by atoms with Crippen LogP contribution in [0.1, 0.15) is 5.69 Å². The van der Waals surface area contributed by atoms with E-state index in [1.54, 1.807) is 7.11 Å². The van der Waals surface area contributed by atoms with E-state index in [9.17, 15) is 4.79 Å². The maximum absolute atomic E-state index is 10.4. The largest absolute Gasteiger partial charge is 0.495 e. The lowest BCUT2D eigenvalue weighted by Gasteiger charge is -1.99. The number of methoxy groups -OCH3 is 1. The first kappa shape index (κ1) is 8.81. The molecule has 0 aliphatic carbocycles. The Morgan fingerprint density at radius 2 is 2.36 bits per heavy atom. The maximum atomic E-state index is 10.4. The molecule has 2 aromatic rings. The van der Waals surface area contributed by atoms with Crippen molar-refractivity contribution in [3.05, 3.63) is 30.0 Å². The second-order valence-corrected chi connectivity index (χ2v) is 3.09. The Kier molecular flexibility index (Phi) is 2.23. The standard InChI is InChI=1S/C11H11NO2/c1-14-10-4-2-3-8-7-9(5-6-13)12-11(8)10/h2-4,6-7,12H,5H2,1H3. The average molecular weight is 189 g/mol. The molecule has 1 aromatic carbocycles. The van der Waals surface area contributed by atoms with Crippen molar-refractivity contribution in [2.24, 2.45) is 0 Å². The molecule has 0 saturated carbocycles. The number of para-hydroxylation sites is 1. The van der Waals surface area contributed by atoms with Crippen molar-refractivity contribution >= 4 is 17.2 Å². The Morgan fingerprint density at radius 1 is 1.50 bits per heavy atom. The molecule has 1 heterocycles. The molecule has 0 amide bonds. The topological polar surface area (TPSA) is 42.1 Å². The van der Waals surface area contributed by atoms with Crippen molar-refractivity contribution in [2.75, 3.05) is 7.11 Å². The minimum absolute atomic E-state index is 0.415. The summed E-state index contributed by atoms with van der Waals surface area (Å²) in [6.07, 6.45) is 1.30. The lowest BCUT2D eigenvalue weighted by molar-refractivity contribution is -0.107. The summed E-state index contributed by atoms with van der Waals surface area (Å²) in [5.41, 5.74) is 1.87. The van der Waals surface area contributed by atoms with Crippen LogP contribution in [0.5, 0.6) is 5.75 Å². The van der Waals surface area contributed by atoms with Gasteiger partial charge >= 0.3 is 0 Å². The van der Waals surface area contributed by atoms with Crippen molar-refractivity contribution in [1.29, 1.82) is 0 Å². The molecule has 1 aromatic heterocycles. The summed E-state index contributed by atoms with van der Waals surface area (Å²) in [4.78, 5) is 13.5. The summed E-state index contributed by atoms with van der Waals surface area (Å²) in [7, 11) is 1.63. The van der Waals surface area contributed by atoms with Gasteiger partial charge in [-0.1, -0.05) is 12.1 Å². The molecule has 72 valence electrons. The van der Waals surface area contributed by atoms with Gasteiger partial charge in [0, 0.05) is 17.5 Å². The third kappa shape index (κ3) is 1.37. The predicted molar refractivity (Wildman–Crippen MR) is 54.6 cm³/mol. The van der Waals surface area contributed by atoms with Gasteiger partial charge in [0.15, 0.2) is 0 Å². The fourth-order valence-electron chi connectivity index (χ4n) is 1.56. The Labute approximate surface area is 81.7 Å². The number of hydrogen-bond acceptors (Lipinski definition) is 2. The van der Waals surface area contributed by atoms with Crippen molar-refractivity contribution in [3.63, 3.8) is 0 Å². The van der Waals surface area contributed by atoms with Crippen molar-refractivity contribution in [2.45, 2.75) is 6.42 Å². The van der Waals surface area contributed by atoms with Crippen LogP contribution in [0, 0.1) is 0 Å². The fraction of sp³-hybridized carbons (Fsp3) is 0.182. The molecule has 0 aliphatic heterocycles. The number of ether oxygens (including phenoxy) is 1. The second-order valence-electron chi connectivity index (χ2n) is 3.09. The van der Waals surface area contributed by atoms with E-state index in [1.165, 1.54) is 0 Å². The molecule has 0 radical (unpaired) electrons. The van der Waals surface area contributed by atoms with Crippen LogP contribution in [0.2, 0.25) is 0 Å². The predicted octanol–water partition coefficient (Wildman–Crippen LogP) is 1.92. The van der Waals surface area contributed by atoms with E-state index >= 15 is 0 Å². The zero-order chi connectivity index (χ0) is 9.97. The van der Waals surface area contributed by atoms with Crippen molar-refractivity contribution in [1.82, 2.24) is 4.98 Å². The second kappa shape index (κ2) is 3.54. The van der Waals surface area contributed by atoms with E-state index < -0.39 is 0 Å². The number of aldehydes is 1. The summed E-state index contributed by atoms with van der Waals surface area (Å²) < 4.78 is 5.20. The summed E-state index contributed by atoms with van der Waals surface area (Å²) >= 11 is 0. The summed E-state index contributed by atoms with van der Waals surface area (Å²) in [5.74, 6) is 0.805. The quantitative estimate of drug-likeness (QED) is 0.749. The smallest absolute Gasteiger partial charge is 0.142 e. The molecule has 0 unspecified atom stereocenters. The van der Waals surface area contributed by atoms with E-state index in [0.29, 0.717) is 6.42 Å².